The van der Waals surface area contributed by atoms with Gasteiger partial charge in [-0.1, -0.05) is 23.5 Å². The maximum Gasteiger partial charge on any atom is 0.267 e. The number of rotatable bonds is 3. The molecule has 0 aliphatic carbocycles. The number of aromatic nitrogens is 2. The summed E-state index contributed by atoms with van der Waals surface area (Å²) in [5.74, 6) is 0.214. The van der Waals surface area contributed by atoms with Gasteiger partial charge in [0.1, 0.15) is 10.7 Å². The SMILES string of the molecule is CC(C)c1nnsc1C(=O)N1CCCC(C(N)=NO)C1. The number of carbonyl (C=O) groups is 1. The Balaban J connectivity index is 2.14. The summed E-state index contributed by atoms with van der Waals surface area (Å²) in [7, 11) is 0. The molecule has 8 heteroatoms. The third-order valence-electron chi connectivity index (χ3n) is 3.50. The largest absolute Gasteiger partial charge is 0.409 e. The van der Waals surface area contributed by atoms with E-state index in [-0.39, 0.29) is 23.6 Å². The number of oxime groups is 1. The fourth-order valence-corrected chi connectivity index (χ4v) is 3.14. The van der Waals surface area contributed by atoms with Crippen LogP contribution in [0.2, 0.25) is 0 Å². The number of carbonyl (C=O) groups excluding carboxylic acids is 1. The maximum atomic E-state index is 12.6. The quantitative estimate of drug-likeness (QED) is 0.378. The molecule has 1 fully saturated rings. The van der Waals surface area contributed by atoms with Crippen LogP contribution in [0.4, 0.5) is 0 Å². The molecule has 1 aliphatic rings. The third-order valence-corrected chi connectivity index (χ3v) is 4.23. The fraction of sp³-hybridized carbons (Fsp3) is 0.667. The van der Waals surface area contributed by atoms with E-state index in [2.05, 4.69) is 14.7 Å². The monoisotopic (exact) mass is 297 g/mol. The first-order valence-electron chi connectivity index (χ1n) is 6.63. The predicted octanol–water partition coefficient (Wildman–Crippen LogP) is 1.26. The first-order chi connectivity index (χ1) is 9.54. The van der Waals surface area contributed by atoms with E-state index in [1.165, 1.54) is 0 Å². The average molecular weight is 297 g/mol. The van der Waals surface area contributed by atoms with Gasteiger partial charge < -0.3 is 15.8 Å². The van der Waals surface area contributed by atoms with Gasteiger partial charge in [-0.05, 0) is 30.3 Å². The first-order valence-corrected chi connectivity index (χ1v) is 7.40. The number of likely N-dealkylation sites (tertiary alicyclic amines) is 1. The van der Waals surface area contributed by atoms with Crippen molar-refractivity contribution in [3.8, 4) is 0 Å². The van der Waals surface area contributed by atoms with Crippen LogP contribution in [0.25, 0.3) is 0 Å². The molecule has 20 heavy (non-hydrogen) atoms. The van der Waals surface area contributed by atoms with Gasteiger partial charge in [0.2, 0.25) is 0 Å². The number of hydrogen-bond acceptors (Lipinski definition) is 6. The molecule has 1 atom stereocenters. The highest BCUT2D eigenvalue weighted by Gasteiger charge is 2.29. The van der Waals surface area contributed by atoms with Crippen LogP contribution in [0.1, 0.15) is 48.0 Å². The smallest absolute Gasteiger partial charge is 0.267 e. The van der Waals surface area contributed by atoms with E-state index < -0.39 is 0 Å². The van der Waals surface area contributed by atoms with Crippen LogP contribution in [0, 0.1) is 5.92 Å². The molecular weight excluding hydrogens is 278 g/mol. The Morgan fingerprint density at radius 3 is 3.00 bits per heavy atom. The van der Waals surface area contributed by atoms with Gasteiger partial charge in [0.05, 0.1) is 5.69 Å². The van der Waals surface area contributed by atoms with Gasteiger partial charge in [0.15, 0.2) is 0 Å². The van der Waals surface area contributed by atoms with Crippen molar-refractivity contribution in [3.63, 3.8) is 0 Å². The summed E-state index contributed by atoms with van der Waals surface area (Å²) in [4.78, 5) is 14.9. The van der Waals surface area contributed by atoms with E-state index in [0.717, 1.165) is 30.1 Å². The van der Waals surface area contributed by atoms with Gasteiger partial charge in [0.25, 0.3) is 5.91 Å². The highest BCUT2D eigenvalue weighted by molar-refractivity contribution is 7.08. The van der Waals surface area contributed by atoms with Gasteiger partial charge in [-0.15, -0.1) is 5.10 Å². The second-order valence-corrected chi connectivity index (χ2v) is 6.01. The number of nitrogens with zero attached hydrogens (tertiary/aromatic N) is 4. The minimum absolute atomic E-state index is 0.0564. The van der Waals surface area contributed by atoms with E-state index in [1.54, 1.807) is 4.90 Å². The number of amides is 1. The molecule has 7 nitrogen and oxygen atoms in total. The Morgan fingerprint density at radius 1 is 1.60 bits per heavy atom. The summed E-state index contributed by atoms with van der Waals surface area (Å²) in [6.45, 7) is 5.14. The summed E-state index contributed by atoms with van der Waals surface area (Å²) in [5.41, 5.74) is 6.39. The average Bonchev–Trinajstić information content (AvgIpc) is 2.95. The van der Waals surface area contributed by atoms with Crippen LogP contribution in [-0.2, 0) is 0 Å². The van der Waals surface area contributed by atoms with Gasteiger partial charge in [-0.3, -0.25) is 4.79 Å². The lowest BCUT2D eigenvalue weighted by molar-refractivity contribution is 0.0704. The van der Waals surface area contributed by atoms with E-state index in [9.17, 15) is 4.79 Å². The zero-order valence-electron chi connectivity index (χ0n) is 11.6. The van der Waals surface area contributed by atoms with Crippen LogP contribution in [-0.4, -0.2) is 44.5 Å². The molecule has 0 spiro atoms. The number of hydrogen-bond donors (Lipinski definition) is 2. The van der Waals surface area contributed by atoms with E-state index in [4.69, 9.17) is 10.9 Å². The molecule has 1 aromatic rings. The Morgan fingerprint density at radius 2 is 2.35 bits per heavy atom. The minimum atomic E-state index is -0.0823. The summed E-state index contributed by atoms with van der Waals surface area (Å²) in [6.07, 6.45) is 1.67. The second kappa shape index (κ2) is 6.17. The van der Waals surface area contributed by atoms with Crippen molar-refractivity contribution in [1.29, 1.82) is 0 Å². The molecule has 2 rings (SSSR count). The molecule has 0 radical (unpaired) electrons. The summed E-state index contributed by atoms with van der Waals surface area (Å²) < 4.78 is 3.89. The van der Waals surface area contributed by atoms with Crippen LogP contribution in [0.3, 0.4) is 0 Å². The molecule has 3 N–H and O–H groups in total. The van der Waals surface area contributed by atoms with Crippen LogP contribution < -0.4 is 5.73 Å². The maximum absolute atomic E-state index is 12.6. The summed E-state index contributed by atoms with van der Waals surface area (Å²) in [5, 5.41) is 15.8. The van der Waals surface area contributed by atoms with Crippen molar-refractivity contribution in [2.45, 2.75) is 32.6 Å². The molecule has 1 aromatic heterocycles. The van der Waals surface area contributed by atoms with E-state index >= 15 is 0 Å². The minimum Gasteiger partial charge on any atom is -0.409 e. The second-order valence-electron chi connectivity index (χ2n) is 5.26. The topological polar surface area (TPSA) is 105 Å². The zero-order chi connectivity index (χ0) is 14.7. The highest BCUT2D eigenvalue weighted by atomic mass is 32.1. The molecule has 0 aromatic carbocycles. The van der Waals surface area contributed by atoms with Crippen molar-refractivity contribution in [3.05, 3.63) is 10.6 Å². The molecule has 1 aliphatic heterocycles. The zero-order valence-corrected chi connectivity index (χ0v) is 12.4. The van der Waals surface area contributed by atoms with Gasteiger partial charge in [0, 0.05) is 19.0 Å². The standard InChI is InChI=1S/C12H19N5O2S/c1-7(2)9-10(20-16-14-9)12(18)17-5-3-4-8(6-17)11(13)15-19/h7-8,19H,3-6H2,1-2H3,(H2,13,15). The van der Waals surface area contributed by atoms with Crippen LogP contribution in [0.15, 0.2) is 5.16 Å². The number of amidine groups is 1. The van der Waals surface area contributed by atoms with Crippen molar-refractivity contribution < 1.29 is 10.0 Å². The summed E-state index contributed by atoms with van der Waals surface area (Å²) >= 11 is 1.13. The van der Waals surface area contributed by atoms with Crippen molar-refractivity contribution in [2.75, 3.05) is 13.1 Å². The summed E-state index contributed by atoms with van der Waals surface area (Å²) in [6, 6.07) is 0. The van der Waals surface area contributed by atoms with Crippen LogP contribution >= 0.6 is 11.5 Å². The van der Waals surface area contributed by atoms with Crippen molar-refractivity contribution in [2.24, 2.45) is 16.8 Å². The molecule has 1 unspecified atom stereocenters. The van der Waals surface area contributed by atoms with E-state index in [0.29, 0.717) is 18.0 Å². The lowest BCUT2D eigenvalue weighted by Crippen LogP contribution is -2.44. The van der Waals surface area contributed by atoms with Crippen molar-refractivity contribution in [1.82, 2.24) is 14.5 Å². The highest BCUT2D eigenvalue weighted by Crippen LogP contribution is 2.24. The number of piperidine rings is 1. The lowest BCUT2D eigenvalue weighted by Gasteiger charge is -2.31. The lowest BCUT2D eigenvalue weighted by atomic mass is 9.96. The van der Waals surface area contributed by atoms with E-state index in [1.807, 2.05) is 13.8 Å². The molecule has 110 valence electrons. The first kappa shape index (κ1) is 14.7. The molecule has 1 saturated heterocycles. The Labute approximate surface area is 121 Å². The van der Waals surface area contributed by atoms with Gasteiger partial charge in [-0.2, -0.15) is 0 Å². The molecule has 1 amide bonds. The Hall–Kier alpha value is -1.70. The Bertz CT molecular complexity index is 514. The normalized spacial score (nSPS) is 20.4. The predicted molar refractivity (Wildman–Crippen MR) is 76.0 cm³/mol. The molecule has 0 saturated carbocycles. The third kappa shape index (κ3) is 2.90. The van der Waals surface area contributed by atoms with Gasteiger partial charge >= 0.3 is 0 Å². The van der Waals surface area contributed by atoms with Gasteiger partial charge in [-0.25, -0.2) is 0 Å². The Kier molecular flexibility index (Phi) is 4.53. The van der Waals surface area contributed by atoms with Crippen molar-refractivity contribution >= 4 is 23.3 Å². The number of nitrogens with two attached hydrogens (primary N) is 1. The molecular formula is C12H19N5O2S. The molecule has 2 heterocycles. The molecule has 0 bridgehead atoms. The van der Waals surface area contributed by atoms with Crippen LogP contribution in [0.5, 0.6) is 0 Å². The fourth-order valence-electron chi connectivity index (χ4n) is 2.35.